The van der Waals surface area contributed by atoms with Crippen molar-refractivity contribution < 1.29 is 0 Å². The molecule has 94 valence electrons. The van der Waals surface area contributed by atoms with Crippen LogP contribution in [0.5, 0.6) is 0 Å². The smallest absolute Gasteiger partial charge is 0.0822 e. The molecule has 0 aliphatic heterocycles. The summed E-state index contributed by atoms with van der Waals surface area (Å²) in [6.07, 6.45) is 4.14. The van der Waals surface area contributed by atoms with Gasteiger partial charge in [-0.25, -0.2) is 0 Å². The number of pyridine rings is 2. The van der Waals surface area contributed by atoms with E-state index in [2.05, 4.69) is 65.0 Å². The second-order valence-electron chi connectivity index (χ2n) is 5.42. The van der Waals surface area contributed by atoms with Crippen molar-refractivity contribution in [1.82, 2.24) is 9.38 Å². The van der Waals surface area contributed by atoms with Crippen LogP contribution in [-0.2, 0) is 0 Å². The molecule has 2 aromatic carbocycles. The van der Waals surface area contributed by atoms with Gasteiger partial charge in [-0.2, -0.15) is 0 Å². The number of rotatable bonds is 0. The molecule has 0 radical (unpaired) electrons. The van der Waals surface area contributed by atoms with Crippen LogP contribution in [0.2, 0.25) is 0 Å². The Morgan fingerprint density at radius 3 is 2.80 bits per heavy atom. The van der Waals surface area contributed by atoms with Crippen LogP contribution in [0.15, 0.2) is 54.9 Å². The van der Waals surface area contributed by atoms with E-state index < -0.39 is 0 Å². The maximum absolute atomic E-state index is 4.66. The van der Waals surface area contributed by atoms with Crippen LogP contribution >= 0.6 is 0 Å². The van der Waals surface area contributed by atoms with Gasteiger partial charge in [-0.3, -0.25) is 4.98 Å². The number of aryl methyl sites for hydroxylation is 1. The van der Waals surface area contributed by atoms with Gasteiger partial charge in [-0.15, -0.1) is 0 Å². The molecule has 0 saturated heterocycles. The van der Waals surface area contributed by atoms with E-state index >= 15 is 0 Å². The Morgan fingerprint density at radius 1 is 0.950 bits per heavy atom. The van der Waals surface area contributed by atoms with Crippen molar-refractivity contribution in [1.29, 1.82) is 0 Å². The highest BCUT2D eigenvalue weighted by molar-refractivity contribution is 6.22. The quantitative estimate of drug-likeness (QED) is 0.294. The summed E-state index contributed by atoms with van der Waals surface area (Å²) in [5.41, 5.74) is 4.94. The Morgan fingerprint density at radius 2 is 1.85 bits per heavy atom. The van der Waals surface area contributed by atoms with E-state index in [0.717, 1.165) is 5.52 Å². The molecule has 0 saturated carbocycles. The SMILES string of the molecule is Cc1cn2c3ccccc3c3nccc4ccc1c2c43. The Labute approximate surface area is 115 Å². The zero-order chi connectivity index (χ0) is 13.3. The van der Waals surface area contributed by atoms with E-state index in [1.165, 1.54) is 38.1 Å². The van der Waals surface area contributed by atoms with Crippen LogP contribution in [0.1, 0.15) is 5.56 Å². The second-order valence-corrected chi connectivity index (χ2v) is 5.42. The van der Waals surface area contributed by atoms with Gasteiger partial charge in [-0.05, 0) is 30.0 Å². The van der Waals surface area contributed by atoms with Crippen molar-refractivity contribution in [3.8, 4) is 0 Å². The number of hydrogen-bond donors (Lipinski definition) is 0. The lowest BCUT2D eigenvalue weighted by molar-refractivity contribution is 1.26. The van der Waals surface area contributed by atoms with Gasteiger partial charge in [0.05, 0.1) is 16.6 Å². The molecule has 0 amide bonds. The molecule has 0 fully saturated rings. The van der Waals surface area contributed by atoms with Crippen molar-refractivity contribution in [2.45, 2.75) is 6.92 Å². The molecule has 2 nitrogen and oxygen atoms in total. The number of para-hydroxylation sites is 1. The lowest BCUT2D eigenvalue weighted by Crippen LogP contribution is -1.92. The third-order valence-corrected chi connectivity index (χ3v) is 4.31. The highest BCUT2D eigenvalue weighted by Gasteiger charge is 2.15. The number of aromatic nitrogens is 2. The molecular weight excluding hydrogens is 244 g/mol. The first kappa shape index (κ1) is 10.2. The first-order chi connectivity index (χ1) is 9.84. The van der Waals surface area contributed by atoms with Gasteiger partial charge < -0.3 is 4.40 Å². The van der Waals surface area contributed by atoms with Crippen molar-refractivity contribution in [3.05, 3.63) is 60.4 Å². The molecule has 3 aromatic heterocycles. The van der Waals surface area contributed by atoms with Gasteiger partial charge in [0.1, 0.15) is 0 Å². The molecule has 0 N–H and O–H groups in total. The fraction of sp³-hybridized carbons (Fsp3) is 0.0556. The van der Waals surface area contributed by atoms with E-state index in [0.29, 0.717) is 0 Å². The molecule has 20 heavy (non-hydrogen) atoms. The number of hydrogen-bond acceptors (Lipinski definition) is 1. The molecule has 5 aromatic rings. The molecule has 0 atom stereocenters. The van der Waals surface area contributed by atoms with Gasteiger partial charge in [0.15, 0.2) is 0 Å². The molecule has 3 heterocycles. The molecule has 5 rings (SSSR count). The number of nitrogens with zero attached hydrogens (tertiary/aromatic N) is 2. The van der Waals surface area contributed by atoms with Crippen LogP contribution in [0.3, 0.4) is 0 Å². The average Bonchev–Trinajstić information content (AvgIpc) is 2.84. The Hall–Kier alpha value is -2.61. The van der Waals surface area contributed by atoms with Crippen molar-refractivity contribution >= 4 is 38.1 Å². The monoisotopic (exact) mass is 256 g/mol. The summed E-state index contributed by atoms with van der Waals surface area (Å²) < 4.78 is 2.32. The summed E-state index contributed by atoms with van der Waals surface area (Å²) in [6, 6.07) is 15.0. The second kappa shape index (κ2) is 3.28. The summed E-state index contributed by atoms with van der Waals surface area (Å²) >= 11 is 0. The van der Waals surface area contributed by atoms with E-state index in [1.54, 1.807) is 0 Å². The minimum atomic E-state index is 1.11. The minimum absolute atomic E-state index is 1.11. The maximum atomic E-state index is 4.66. The van der Waals surface area contributed by atoms with Crippen molar-refractivity contribution in [2.75, 3.05) is 0 Å². The number of benzene rings is 2. The third-order valence-electron chi connectivity index (χ3n) is 4.31. The minimum Gasteiger partial charge on any atom is -0.315 e. The Balaban J connectivity index is 2.33. The van der Waals surface area contributed by atoms with Gasteiger partial charge in [-0.1, -0.05) is 30.3 Å². The summed E-state index contributed by atoms with van der Waals surface area (Å²) in [5.74, 6) is 0. The summed E-state index contributed by atoms with van der Waals surface area (Å²) in [4.78, 5) is 4.66. The predicted molar refractivity (Wildman–Crippen MR) is 83.6 cm³/mol. The van der Waals surface area contributed by atoms with E-state index in [-0.39, 0.29) is 0 Å². The zero-order valence-electron chi connectivity index (χ0n) is 11.1. The van der Waals surface area contributed by atoms with Crippen molar-refractivity contribution in [2.24, 2.45) is 0 Å². The third kappa shape index (κ3) is 1.04. The topological polar surface area (TPSA) is 17.3 Å². The summed E-state index contributed by atoms with van der Waals surface area (Å²) in [7, 11) is 0. The predicted octanol–water partition coefficient (Wildman–Crippen LogP) is 4.54. The molecular formula is C18H12N2. The molecule has 0 unspecified atom stereocenters. The highest BCUT2D eigenvalue weighted by atomic mass is 14.9. The molecule has 0 aliphatic carbocycles. The lowest BCUT2D eigenvalue weighted by atomic mass is 10.0. The van der Waals surface area contributed by atoms with E-state index in [1.807, 2.05) is 6.20 Å². The Bertz CT molecular complexity index is 1100. The van der Waals surface area contributed by atoms with E-state index in [4.69, 9.17) is 0 Å². The first-order valence-electron chi connectivity index (χ1n) is 6.84. The average molecular weight is 256 g/mol. The molecule has 0 aliphatic rings. The number of fused-ring (bicyclic) bond motifs is 3. The standard InChI is InChI=1S/C18H12N2/c1-11-10-20-15-5-3-2-4-14(15)17-16-12(8-9-19-17)6-7-13(11)18(16)20/h2-10H,1H3. The maximum Gasteiger partial charge on any atom is 0.0822 e. The summed E-state index contributed by atoms with van der Waals surface area (Å²) in [6.45, 7) is 2.18. The molecule has 0 bridgehead atoms. The fourth-order valence-corrected chi connectivity index (χ4v) is 3.43. The molecule has 0 spiro atoms. The normalized spacial score (nSPS) is 12.2. The first-order valence-corrected chi connectivity index (χ1v) is 6.84. The highest BCUT2D eigenvalue weighted by Crippen LogP contribution is 2.36. The van der Waals surface area contributed by atoms with Gasteiger partial charge in [0.2, 0.25) is 0 Å². The van der Waals surface area contributed by atoms with Crippen LogP contribution in [-0.4, -0.2) is 9.38 Å². The van der Waals surface area contributed by atoms with Gasteiger partial charge >= 0.3 is 0 Å². The van der Waals surface area contributed by atoms with Crippen LogP contribution < -0.4 is 0 Å². The van der Waals surface area contributed by atoms with Gasteiger partial charge in [0.25, 0.3) is 0 Å². The Kier molecular flexibility index (Phi) is 1.68. The zero-order valence-corrected chi connectivity index (χ0v) is 11.1. The van der Waals surface area contributed by atoms with Crippen LogP contribution in [0.4, 0.5) is 0 Å². The fourth-order valence-electron chi connectivity index (χ4n) is 3.43. The largest absolute Gasteiger partial charge is 0.315 e. The van der Waals surface area contributed by atoms with Crippen LogP contribution in [0.25, 0.3) is 38.1 Å². The lowest BCUT2D eigenvalue weighted by Gasteiger charge is -2.11. The summed E-state index contributed by atoms with van der Waals surface area (Å²) in [5, 5.41) is 5.07. The van der Waals surface area contributed by atoms with E-state index in [9.17, 15) is 0 Å². The molecule has 2 heteroatoms. The van der Waals surface area contributed by atoms with Gasteiger partial charge in [0, 0.05) is 28.6 Å². The van der Waals surface area contributed by atoms with Crippen molar-refractivity contribution in [3.63, 3.8) is 0 Å². The van der Waals surface area contributed by atoms with Crippen LogP contribution in [0, 0.1) is 6.92 Å².